The summed E-state index contributed by atoms with van der Waals surface area (Å²) in [5.74, 6) is 1.38. The number of fused-ring (bicyclic) bond motifs is 6. The Balaban J connectivity index is 1.15. The van der Waals surface area contributed by atoms with Crippen molar-refractivity contribution in [2.45, 2.75) is 39.2 Å². The first-order valence-corrected chi connectivity index (χ1v) is 38.6. The van der Waals surface area contributed by atoms with E-state index in [9.17, 15) is 0 Å². The molecule has 0 N–H and O–H groups in total. The summed E-state index contributed by atoms with van der Waals surface area (Å²) in [6, 6.07) is 103. The average molecular weight is 1320 g/mol. The molecule has 0 aliphatic heterocycles. The van der Waals surface area contributed by atoms with Crippen molar-refractivity contribution in [3.05, 3.63) is 273 Å². The second-order valence-electron chi connectivity index (χ2n) is 27.6. The van der Waals surface area contributed by atoms with Gasteiger partial charge in [-0.05, 0) is 135 Å². The summed E-state index contributed by atoms with van der Waals surface area (Å²) in [4.78, 5) is 22.2. The Morgan fingerprint density at radius 1 is 0.228 bits per heavy atom. The zero-order chi connectivity index (χ0) is 69.8. The predicted molar refractivity (Wildman–Crippen MR) is 473 cm³/mol. The topological polar surface area (TPSA) is 35.6 Å². The van der Waals surface area contributed by atoms with Gasteiger partial charge in [0.1, 0.15) is 108 Å². The first-order chi connectivity index (χ1) is 49.1. The van der Waals surface area contributed by atoms with Gasteiger partial charge in [0.25, 0.3) is 0 Å². The van der Waals surface area contributed by atoms with E-state index in [0.717, 1.165) is 49.9 Å². The minimum atomic E-state index is -2.57. The lowest BCUT2D eigenvalue weighted by atomic mass is 9.60. The van der Waals surface area contributed by atoms with E-state index in [4.69, 9.17) is 9.97 Å². The molecule has 16 aromatic rings. The van der Waals surface area contributed by atoms with E-state index in [0.29, 0.717) is 5.95 Å². The Hall–Kier alpha value is -9.92. The molecule has 0 atom stereocenters. The fraction of sp³-hybridized carbons (Fsp3) is 0. The number of para-hydroxylation sites is 4. The highest BCUT2D eigenvalue weighted by molar-refractivity contribution is 8.35. The normalized spacial score (nSPS) is 12.2. The maximum absolute atomic E-state index is 6.20. The van der Waals surface area contributed by atoms with E-state index in [1.807, 2.05) is 0 Å². The van der Waals surface area contributed by atoms with Crippen molar-refractivity contribution < 1.29 is 0 Å². The van der Waals surface area contributed by atoms with Crippen molar-refractivity contribution in [3.63, 3.8) is 0 Å². The number of nitrogens with zero attached hydrogens (tertiary/aromatic N) is 4. The van der Waals surface area contributed by atoms with Gasteiger partial charge in [-0.25, -0.2) is 4.98 Å². The average Bonchev–Trinajstić information content (AvgIpc) is 1.45. The third-order valence-corrected chi connectivity index (χ3v) is 30.9. The molecule has 3 aromatic heterocycles. The molecular formula is C82H71B13N4S2. The fourth-order valence-corrected chi connectivity index (χ4v) is 25.9. The fourth-order valence-electron chi connectivity index (χ4n) is 17.1. The van der Waals surface area contributed by atoms with Crippen molar-refractivity contribution in [2.75, 3.05) is 0 Å². The Morgan fingerprint density at radius 3 is 0.851 bits per heavy atom. The van der Waals surface area contributed by atoms with Gasteiger partial charge in [-0.1, -0.05) is 208 Å². The molecule has 0 aliphatic rings. The maximum atomic E-state index is 6.20. The van der Waals surface area contributed by atoms with E-state index < -0.39 is 20.1 Å². The summed E-state index contributed by atoms with van der Waals surface area (Å²) >= 11 is 0. The third-order valence-electron chi connectivity index (χ3n) is 22.6. The summed E-state index contributed by atoms with van der Waals surface area (Å²) in [6.07, 6.45) is 0. The van der Waals surface area contributed by atoms with Crippen LogP contribution in [0.4, 0.5) is 0 Å². The Labute approximate surface area is 608 Å². The summed E-state index contributed by atoms with van der Waals surface area (Å²) in [7, 11) is 25.3. The molecule has 0 fully saturated rings. The zero-order valence-corrected chi connectivity index (χ0v) is 61.7. The molecule has 0 spiro atoms. The van der Waals surface area contributed by atoms with Gasteiger partial charge in [0, 0.05) is 57.0 Å². The van der Waals surface area contributed by atoms with Crippen LogP contribution < -0.4 is 71.0 Å². The lowest BCUT2D eigenvalue weighted by Crippen LogP contribution is -2.55. The maximum Gasteiger partial charge on any atom is 0.237 e. The van der Waals surface area contributed by atoms with Crippen LogP contribution in [0.3, 0.4) is 0 Å². The summed E-state index contributed by atoms with van der Waals surface area (Å²) in [5, 5.41) is 4.62. The zero-order valence-electron chi connectivity index (χ0n) is 60.1. The van der Waals surface area contributed by atoms with Crippen molar-refractivity contribution in [1.29, 1.82) is 0 Å². The second kappa shape index (κ2) is 25.9. The molecule has 0 unspecified atom stereocenters. The van der Waals surface area contributed by atoms with Gasteiger partial charge in [0.15, 0.2) is 0 Å². The van der Waals surface area contributed by atoms with Gasteiger partial charge >= 0.3 is 0 Å². The lowest BCUT2D eigenvalue weighted by Gasteiger charge is -2.49. The molecule has 19 heteroatoms. The van der Waals surface area contributed by atoms with E-state index >= 15 is 0 Å². The van der Waals surface area contributed by atoms with E-state index in [1.54, 1.807) is 0 Å². The number of aromatic nitrogens is 4. The molecule has 101 heavy (non-hydrogen) atoms. The Kier molecular flexibility index (Phi) is 16.9. The van der Waals surface area contributed by atoms with Crippen molar-refractivity contribution in [2.24, 2.45) is 0 Å². The minimum Gasteiger partial charge on any atom is -0.294 e. The molecule has 4 nitrogen and oxygen atoms in total. The summed E-state index contributed by atoms with van der Waals surface area (Å²) in [6.45, 7) is 0. The largest absolute Gasteiger partial charge is 0.294 e. The highest BCUT2D eigenvalue weighted by Gasteiger charge is 2.43. The Morgan fingerprint density at radius 2 is 0.515 bits per heavy atom. The van der Waals surface area contributed by atoms with Crippen molar-refractivity contribution in [3.8, 4) is 45.3 Å². The number of hydrogen-bond donors (Lipinski definition) is 0. The SMILES string of the molecule is Bc1c(B)c(B)c(-c2cccc(S(c3ccccc3)(c3ccccc3)c3c(B)c(-c4cc(-n5c6ccccc6c6ccccc65)nc(-n5c6ccccc6c6ccccc65)n4)c(B)c(S(c4ccccc4)(c4ccccc4)c4cccc(-c5c(B)c(B)c(B)c(B)c5B)c4)c3B)c2)c(B)c1B. The molecule has 0 radical (unpaired) electrons. The Bertz CT molecular complexity index is 5430. The molecule has 0 bridgehead atoms. The highest BCUT2D eigenvalue weighted by Crippen LogP contribution is 2.76. The first-order valence-electron chi connectivity index (χ1n) is 35.3. The summed E-state index contributed by atoms with van der Waals surface area (Å²) in [5.41, 5.74) is 28.1. The standard InChI is InChI=1S/C82H71B13N4S2/c83-67-64(68(84)74(90)77(93)73(67)89)46-23-21-33-52(43-46)100(48-25-5-1-6-26-48,49-27-7-2-8-28-49)80-71(87)66(58-45-63(98-59-39-17-13-35-54(59)55-36-14-18-40-60(55)98)97-82(96-58)99-61-41-19-15-37-56(61)57-38-16-20-42-62(57)99)72(88)81(79(80)95)101(50-29-9-3-10-30-50,51-31-11-4-12-32-51)53-34-22-24-47(44-53)65-69(85)75(91)78(94)76(92)70(65)86/h1-45H,83-95H2. The van der Waals surface area contributed by atoms with Crippen molar-refractivity contribution >= 4 is 237 Å². The quantitative estimate of drug-likeness (QED) is 0.149. The van der Waals surface area contributed by atoms with Gasteiger partial charge in [0.2, 0.25) is 5.95 Å². The molecule has 0 aliphatic carbocycles. The first kappa shape index (κ1) is 65.7. The molecule has 470 valence electrons. The lowest BCUT2D eigenvalue weighted by molar-refractivity contribution is 0.952. The molecule has 0 amide bonds. The van der Waals surface area contributed by atoms with Crippen LogP contribution in [0.5, 0.6) is 0 Å². The van der Waals surface area contributed by atoms with Crippen LogP contribution >= 0.6 is 20.1 Å². The molecule has 0 saturated carbocycles. The van der Waals surface area contributed by atoms with Gasteiger partial charge in [-0.2, -0.15) is 4.98 Å². The van der Waals surface area contributed by atoms with E-state index in [2.05, 4.69) is 384 Å². The number of hydrogen-bond acceptors (Lipinski definition) is 2. The highest BCUT2D eigenvalue weighted by atomic mass is 32.3. The number of rotatable bonds is 13. The van der Waals surface area contributed by atoms with Crippen LogP contribution in [0.25, 0.3) is 88.9 Å². The molecule has 3 heterocycles. The van der Waals surface area contributed by atoms with Crippen LogP contribution in [0.2, 0.25) is 0 Å². The van der Waals surface area contributed by atoms with Crippen molar-refractivity contribution in [1.82, 2.24) is 19.1 Å². The van der Waals surface area contributed by atoms with Crippen LogP contribution in [0.15, 0.2) is 312 Å². The monoisotopic (exact) mass is 1320 g/mol. The van der Waals surface area contributed by atoms with Gasteiger partial charge in [0.05, 0.1) is 27.8 Å². The molecule has 13 aromatic carbocycles. The van der Waals surface area contributed by atoms with Crippen LogP contribution in [-0.2, 0) is 0 Å². The smallest absolute Gasteiger partial charge is 0.237 e. The van der Waals surface area contributed by atoms with Crippen LogP contribution in [0, 0.1) is 0 Å². The van der Waals surface area contributed by atoms with Crippen LogP contribution in [0.1, 0.15) is 0 Å². The molecule has 16 rings (SSSR count). The van der Waals surface area contributed by atoms with Gasteiger partial charge < -0.3 is 0 Å². The van der Waals surface area contributed by atoms with E-state index in [1.165, 1.54) is 143 Å². The number of benzene rings is 13. The van der Waals surface area contributed by atoms with Crippen LogP contribution in [-0.4, -0.2) is 121 Å². The van der Waals surface area contributed by atoms with E-state index in [-0.39, 0.29) is 0 Å². The second-order valence-corrected chi connectivity index (χ2v) is 33.7. The van der Waals surface area contributed by atoms with Gasteiger partial charge in [-0.3, -0.25) is 9.13 Å². The minimum absolute atomic E-state index is 0.595. The molecule has 0 saturated heterocycles. The third kappa shape index (κ3) is 10.2. The van der Waals surface area contributed by atoms with Gasteiger partial charge in [-0.15, -0.1) is 52.8 Å². The summed E-state index contributed by atoms with van der Waals surface area (Å²) < 4.78 is 4.70. The predicted octanol–water partition coefficient (Wildman–Crippen LogP) is -0.287. The molecular weight excluding hydrogens is 1250 g/mol.